The number of para-hydroxylation sites is 1. The number of methoxy groups -OCH3 is 3. The van der Waals surface area contributed by atoms with E-state index in [-0.39, 0.29) is 22.8 Å². The quantitative estimate of drug-likeness (QED) is 0.915. The zero-order valence-electron chi connectivity index (χ0n) is 12.9. The molecule has 0 fully saturated rings. The summed E-state index contributed by atoms with van der Waals surface area (Å²) in [4.78, 5) is 2.71. The molecule has 1 aromatic carbocycles. The first-order valence-electron chi connectivity index (χ1n) is 6.57. The van der Waals surface area contributed by atoms with Gasteiger partial charge in [-0.15, -0.1) is 0 Å². The average Bonchev–Trinajstić information content (AvgIpc) is 2.59. The molecule has 2 rings (SSSR count). The number of H-pyrrole nitrogens is 1. The monoisotopic (exact) mass is 311 g/mol. The van der Waals surface area contributed by atoms with E-state index in [1.807, 2.05) is 12.1 Å². The standard InChI is InChI=1S/C16H14N4O3/c1-21-12-6-4-5-9(14(12)22-2)13-10(7-17)15(19)20-16(23-3)11(13)8-18/h4-6H,1-3H3,(H2,19,20)/p+1. The lowest BCUT2D eigenvalue weighted by Crippen LogP contribution is -2.18. The van der Waals surface area contributed by atoms with Crippen LogP contribution in [0.1, 0.15) is 11.1 Å². The number of pyridine rings is 1. The third-order valence-corrected chi connectivity index (χ3v) is 3.34. The van der Waals surface area contributed by atoms with Gasteiger partial charge < -0.3 is 14.2 Å². The maximum absolute atomic E-state index is 9.52. The van der Waals surface area contributed by atoms with Gasteiger partial charge in [-0.05, 0) is 6.07 Å². The lowest BCUT2D eigenvalue weighted by Gasteiger charge is -2.15. The Morgan fingerprint density at radius 3 is 2.22 bits per heavy atom. The first-order valence-corrected chi connectivity index (χ1v) is 6.57. The smallest absolute Gasteiger partial charge is 0.300 e. The van der Waals surface area contributed by atoms with Crippen molar-refractivity contribution in [1.82, 2.24) is 0 Å². The van der Waals surface area contributed by atoms with Gasteiger partial charge in [-0.3, -0.25) is 5.73 Å². The minimum Gasteiger partial charge on any atom is -0.493 e. The van der Waals surface area contributed by atoms with Crippen molar-refractivity contribution in [2.24, 2.45) is 0 Å². The highest BCUT2D eigenvalue weighted by molar-refractivity contribution is 5.85. The first-order chi connectivity index (χ1) is 11.1. The Morgan fingerprint density at radius 2 is 1.70 bits per heavy atom. The Kier molecular flexibility index (Phi) is 4.53. The number of aromatic amines is 1. The van der Waals surface area contributed by atoms with Gasteiger partial charge in [0.15, 0.2) is 17.1 Å². The van der Waals surface area contributed by atoms with Crippen LogP contribution in [-0.4, -0.2) is 21.3 Å². The highest BCUT2D eigenvalue weighted by atomic mass is 16.5. The Morgan fingerprint density at radius 1 is 1.00 bits per heavy atom. The molecular formula is C16H15N4O3+. The summed E-state index contributed by atoms with van der Waals surface area (Å²) in [6.45, 7) is 0. The number of hydrogen-bond donors (Lipinski definition) is 1. The summed E-state index contributed by atoms with van der Waals surface area (Å²) in [7, 11) is 4.39. The number of nitrogens with two attached hydrogens (primary N) is 1. The van der Waals surface area contributed by atoms with Crippen molar-refractivity contribution < 1.29 is 19.2 Å². The maximum atomic E-state index is 9.52. The molecule has 0 bridgehead atoms. The van der Waals surface area contributed by atoms with Crippen molar-refractivity contribution in [3.63, 3.8) is 0 Å². The van der Waals surface area contributed by atoms with Crippen molar-refractivity contribution >= 4 is 5.82 Å². The highest BCUT2D eigenvalue weighted by Crippen LogP contribution is 2.42. The van der Waals surface area contributed by atoms with Crippen LogP contribution >= 0.6 is 0 Å². The summed E-state index contributed by atoms with van der Waals surface area (Å²) in [6, 6.07) is 9.24. The van der Waals surface area contributed by atoms with E-state index < -0.39 is 0 Å². The molecule has 0 saturated carbocycles. The summed E-state index contributed by atoms with van der Waals surface area (Å²) in [5.41, 5.74) is 7.03. The van der Waals surface area contributed by atoms with Crippen molar-refractivity contribution in [1.29, 1.82) is 10.5 Å². The molecule has 7 nitrogen and oxygen atoms in total. The van der Waals surface area contributed by atoms with Crippen LogP contribution in [0.25, 0.3) is 11.1 Å². The number of aromatic nitrogens is 1. The summed E-state index contributed by atoms with van der Waals surface area (Å²) >= 11 is 0. The second-order valence-electron chi connectivity index (χ2n) is 4.46. The van der Waals surface area contributed by atoms with Crippen LogP contribution in [0.5, 0.6) is 17.4 Å². The molecule has 0 aliphatic carbocycles. The number of nitriles is 2. The van der Waals surface area contributed by atoms with Gasteiger partial charge in [-0.2, -0.15) is 10.5 Å². The largest absolute Gasteiger partial charge is 0.493 e. The van der Waals surface area contributed by atoms with E-state index in [2.05, 4.69) is 4.98 Å². The highest BCUT2D eigenvalue weighted by Gasteiger charge is 2.27. The number of anilines is 1. The number of nitrogens with one attached hydrogen (secondary N) is 1. The molecule has 116 valence electrons. The van der Waals surface area contributed by atoms with Crippen LogP contribution in [-0.2, 0) is 0 Å². The van der Waals surface area contributed by atoms with Crippen molar-refractivity contribution in [3.8, 4) is 40.6 Å². The van der Waals surface area contributed by atoms with Crippen molar-refractivity contribution in [2.45, 2.75) is 0 Å². The molecule has 0 aliphatic heterocycles. The predicted octanol–water partition coefficient (Wildman–Crippen LogP) is 1.52. The molecule has 3 N–H and O–H groups in total. The Balaban J connectivity index is 2.97. The molecule has 0 saturated heterocycles. The second-order valence-corrected chi connectivity index (χ2v) is 4.46. The molecule has 1 aromatic heterocycles. The summed E-state index contributed by atoms with van der Waals surface area (Å²) in [6.07, 6.45) is 0. The summed E-state index contributed by atoms with van der Waals surface area (Å²) in [5, 5.41) is 19.0. The van der Waals surface area contributed by atoms with E-state index in [0.717, 1.165) is 0 Å². The third kappa shape index (κ3) is 2.56. The lowest BCUT2D eigenvalue weighted by atomic mass is 9.95. The van der Waals surface area contributed by atoms with Gasteiger partial charge in [0, 0.05) is 11.1 Å². The van der Waals surface area contributed by atoms with Gasteiger partial charge in [0.1, 0.15) is 17.7 Å². The van der Waals surface area contributed by atoms with E-state index >= 15 is 0 Å². The fourth-order valence-corrected chi connectivity index (χ4v) is 2.35. The molecule has 0 amide bonds. The average molecular weight is 311 g/mol. The Bertz CT molecular complexity index is 835. The third-order valence-electron chi connectivity index (χ3n) is 3.34. The topological polar surface area (TPSA) is 115 Å². The van der Waals surface area contributed by atoms with Crippen LogP contribution in [0.3, 0.4) is 0 Å². The van der Waals surface area contributed by atoms with Gasteiger partial charge in [-0.1, -0.05) is 12.1 Å². The number of benzene rings is 1. The summed E-state index contributed by atoms with van der Waals surface area (Å²) < 4.78 is 15.8. The first kappa shape index (κ1) is 15.9. The second kappa shape index (κ2) is 6.54. The zero-order chi connectivity index (χ0) is 17.0. The lowest BCUT2D eigenvalue weighted by molar-refractivity contribution is -0.376. The molecule has 0 aliphatic rings. The molecule has 0 atom stereocenters. The van der Waals surface area contributed by atoms with Gasteiger partial charge >= 0.3 is 5.88 Å². The number of hydrogen-bond acceptors (Lipinski definition) is 6. The van der Waals surface area contributed by atoms with Crippen LogP contribution in [0, 0.1) is 22.7 Å². The molecule has 0 spiro atoms. The Labute approximate surface area is 133 Å². The zero-order valence-corrected chi connectivity index (χ0v) is 12.9. The molecule has 1 heterocycles. The fraction of sp³-hybridized carbons (Fsp3) is 0.188. The maximum Gasteiger partial charge on any atom is 0.300 e. The van der Waals surface area contributed by atoms with Crippen LogP contribution < -0.4 is 24.9 Å². The van der Waals surface area contributed by atoms with Crippen LogP contribution in [0.2, 0.25) is 0 Å². The van der Waals surface area contributed by atoms with E-state index in [4.69, 9.17) is 19.9 Å². The van der Waals surface area contributed by atoms with Gasteiger partial charge in [0.2, 0.25) is 0 Å². The molecular weight excluding hydrogens is 296 g/mol. The number of ether oxygens (including phenoxy) is 3. The number of rotatable bonds is 4. The molecule has 23 heavy (non-hydrogen) atoms. The van der Waals surface area contributed by atoms with E-state index in [1.165, 1.54) is 21.3 Å². The molecule has 2 aromatic rings. The van der Waals surface area contributed by atoms with E-state index in [0.29, 0.717) is 22.6 Å². The fourth-order valence-electron chi connectivity index (χ4n) is 2.35. The normalized spacial score (nSPS) is 9.61. The predicted molar refractivity (Wildman–Crippen MR) is 81.9 cm³/mol. The summed E-state index contributed by atoms with van der Waals surface area (Å²) in [5.74, 6) is 1.14. The van der Waals surface area contributed by atoms with Gasteiger partial charge in [0.25, 0.3) is 5.82 Å². The number of nitrogens with zero attached hydrogens (tertiary/aromatic N) is 2. The van der Waals surface area contributed by atoms with Crippen LogP contribution in [0.15, 0.2) is 18.2 Å². The Hall–Kier alpha value is -3.45. The van der Waals surface area contributed by atoms with Crippen molar-refractivity contribution in [3.05, 3.63) is 29.3 Å². The SMILES string of the molecule is COc1cccc(-c2c(C#N)c(N)[nH+]c(OC)c2C#N)c1OC. The van der Waals surface area contributed by atoms with Crippen molar-refractivity contribution in [2.75, 3.05) is 27.1 Å². The molecule has 0 radical (unpaired) electrons. The van der Waals surface area contributed by atoms with Gasteiger partial charge in [-0.25, -0.2) is 4.98 Å². The van der Waals surface area contributed by atoms with E-state index in [1.54, 1.807) is 18.2 Å². The van der Waals surface area contributed by atoms with Gasteiger partial charge in [0.05, 0.1) is 21.3 Å². The minimum absolute atomic E-state index is 0.100. The minimum atomic E-state index is 0.100. The van der Waals surface area contributed by atoms with E-state index in [9.17, 15) is 10.5 Å². The molecule has 7 heteroatoms. The molecule has 0 unspecified atom stereocenters. The van der Waals surface area contributed by atoms with Crippen LogP contribution in [0.4, 0.5) is 5.82 Å². The number of nitrogen functional groups attached to an aromatic ring is 1.